The van der Waals surface area contributed by atoms with Crippen molar-refractivity contribution in [3.05, 3.63) is 79.6 Å². The van der Waals surface area contributed by atoms with Gasteiger partial charge in [-0.15, -0.1) is 0 Å². The van der Waals surface area contributed by atoms with Crippen LogP contribution in [-0.2, 0) is 0 Å². The zero-order valence-electron chi connectivity index (χ0n) is 16.5. The summed E-state index contributed by atoms with van der Waals surface area (Å²) in [5, 5.41) is 8.64. The summed E-state index contributed by atoms with van der Waals surface area (Å²) in [6.45, 7) is 5.52. The molecule has 0 bridgehead atoms. The molecule has 0 aliphatic carbocycles. The third kappa shape index (κ3) is 4.49. The topological polar surface area (TPSA) is 100 Å². The van der Waals surface area contributed by atoms with E-state index in [-0.39, 0.29) is 22.1 Å². The second kappa shape index (κ2) is 8.23. The fourth-order valence-corrected chi connectivity index (χ4v) is 2.89. The molecule has 1 amide bonds. The molecule has 156 valence electrons. The number of aromatic nitrogens is 1. The summed E-state index contributed by atoms with van der Waals surface area (Å²) < 4.78 is 13.4. The molecular formula is C21H20ClFN4O3. The van der Waals surface area contributed by atoms with Gasteiger partial charge in [0.1, 0.15) is 23.4 Å². The predicted octanol–water partition coefficient (Wildman–Crippen LogP) is 3.43. The minimum absolute atomic E-state index is 0.0272. The Bertz CT molecular complexity index is 1170. The third-order valence-electron chi connectivity index (χ3n) is 4.45. The van der Waals surface area contributed by atoms with E-state index >= 15 is 0 Å². The molecule has 1 atom stereocenters. The zero-order chi connectivity index (χ0) is 22.1. The number of amides is 1. The van der Waals surface area contributed by atoms with Gasteiger partial charge in [0.2, 0.25) is 0 Å². The number of halogens is 2. The van der Waals surface area contributed by atoms with Crippen molar-refractivity contribution >= 4 is 34.6 Å². The van der Waals surface area contributed by atoms with E-state index in [0.717, 1.165) is 6.07 Å². The van der Waals surface area contributed by atoms with E-state index in [0.29, 0.717) is 5.69 Å². The molecule has 3 N–H and O–H groups in total. The van der Waals surface area contributed by atoms with Crippen molar-refractivity contribution in [3.8, 4) is 0 Å². The third-order valence-corrected chi connectivity index (χ3v) is 4.75. The molecule has 2 aromatic carbocycles. The van der Waals surface area contributed by atoms with Crippen molar-refractivity contribution < 1.29 is 9.18 Å². The molecule has 0 fully saturated rings. The molecule has 1 unspecified atom stereocenters. The molecule has 0 saturated heterocycles. The van der Waals surface area contributed by atoms with Crippen LogP contribution in [0, 0.1) is 11.2 Å². The summed E-state index contributed by atoms with van der Waals surface area (Å²) in [6.07, 6.45) is 0.758. The van der Waals surface area contributed by atoms with Crippen molar-refractivity contribution in [2.75, 3.05) is 10.6 Å². The second-order valence-corrected chi connectivity index (χ2v) is 8.16. The Labute approximate surface area is 177 Å². The number of carbonyl (C=O) groups excluding carboxylic acids is 1. The zero-order valence-corrected chi connectivity index (χ0v) is 17.3. The van der Waals surface area contributed by atoms with Crippen LogP contribution in [0.15, 0.2) is 52.2 Å². The molecule has 0 aliphatic rings. The van der Waals surface area contributed by atoms with Gasteiger partial charge in [0.15, 0.2) is 5.15 Å². The van der Waals surface area contributed by atoms with Gasteiger partial charge in [-0.25, -0.2) is 9.37 Å². The van der Waals surface area contributed by atoms with Crippen LogP contribution < -0.4 is 26.8 Å². The highest BCUT2D eigenvalue weighted by molar-refractivity contribution is 6.32. The molecule has 0 aliphatic heterocycles. The SMILES string of the molecule is CC(C)(C)C(NC(=O)c1cccc(F)c1)Nc1c(Nc2cccnc2Cl)c(=O)c1=O. The molecule has 0 saturated carbocycles. The summed E-state index contributed by atoms with van der Waals surface area (Å²) in [6, 6.07) is 8.50. The van der Waals surface area contributed by atoms with Crippen LogP contribution in [0.4, 0.5) is 21.5 Å². The summed E-state index contributed by atoms with van der Waals surface area (Å²) in [5.74, 6) is -1.06. The first-order valence-electron chi connectivity index (χ1n) is 9.11. The summed E-state index contributed by atoms with van der Waals surface area (Å²) in [4.78, 5) is 40.8. The van der Waals surface area contributed by atoms with Gasteiger partial charge in [0, 0.05) is 17.2 Å². The monoisotopic (exact) mass is 430 g/mol. The number of rotatable bonds is 6. The molecule has 1 heterocycles. The average Bonchev–Trinajstić information content (AvgIpc) is 2.69. The lowest BCUT2D eigenvalue weighted by Crippen LogP contribution is -2.51. The second-order valence-electron chi connectivity index (χ2n) is 7.80. The maximum atomic E-state index is 13.4. The fraction of sp³-hybridized carbons (Fsp3) is 0.238. The largest absolute Gasteiger partial charge is 0.360 e. The molecule has 30 heavy (non-hydrogen) atoms. The van der Waals surface area contributed by atoms with Gasteiger partial charge in [-0.2, -0.15) is 0 Å². The van der Waals surface area contributed by atoms with Crippen molar-refractivity contribution in [2.45, 2.75) is 26.9 Å². The molecule has 0 spiro atoms. The highest BCUT2D eigenvalue weighted by Crippen LogP contribution is 2.28. The lowest BCUT2D eigenvalue weighted by molar-refractivity contribution is 0.0913. The number of hydrogen-bond donors (Lipinski definition) is 3. The van der Waals surface area contributed by atoms with Crippen molar-refractivity contribution in [1.29, 1.82) is 0 Å². The number of pyridine rings is 1. The lowest BCUT2D eigenvalue weighted by atomic mass is 9.91. The number of nitrogens with zero attached hydrogens (tertiary/aromatic N) is 1. The smallest absolute Gasteiger partial charge is 0.253 e. The minimum atomic E-state index is -0.735. The van der Waals surface area contributed by atoms with Crippen molar-refractivity contribution in [3.63, 3.8) is 0 Å². The maximum absolute atomic E-state index is 13.4. The molecule has 9 heteroatoms. The van der Waals surface area contributed by atoms with Crippen LogP contribution in [0.2, 0.25) is 5.15 Å². The molecule has 0 radical (unpaired) electrons. The standard InChI is InChI=1S/C21H20ClFN4O3/c1-21(2,3)20(27-19(30)11-6-4-7-12(23)10-11)26-15-14(16(28)17(15)29)25-13-8-5-9-24-18(13)22/h4-10,20,25-26H,1-3H3,(H,27,30). The van der Waals surface area contributed by atoms with Crippen molar-refractivity contribution in [1.82, 2.24) is 10.3 Å². The summed E-state index contributed by atoms with van der Waals surface area (Å²) >= 11 is 6.01. The Morgan fingerprint density at radius 1 is 1.10 bits per heavy atom. The van der Waals surface area contributed by atoms with Gasteiger partial charge in [-0.05, 0) is 30.3 Å². The number of carbonyl (C=O) groups is 1. The van der Waals surface area contributed by atoms with Crippen LogP contribution in [-0.4, -0.2) is 17.1 Å². The molecule has 7 nitrogen and oxygen atoms in total. The first-order chi connectivity index (χ1) is 14.1. The Morgan fingerprint density at radius 3 is 2.43 bits per heavy atom. The molecule has 1 aromatic heterocycles. The highest BCUT2D eigenvalue weighted by atomic mass is 35.5. The van der Waals surface area contributed by atoms with E-state index in [9.17, 15) is 18.8 Å². The van der Waals surface area contributed by atoms with E-state index in [2.05, 4.69) is 20.9 Å². The summed E-state index contributed by atoms with van der Waals surface area (Å²) in [7, 11) is 0. The van der Waals surface area contributed by atoms with Crippen LogP contribution >= 0.6 is 11.6 Å². The first-order valence-corrected chi connectivity index (χ1v) is 9.49. The van der Waals surface area contributed by atoms with Crippen LogP contribution in [0.1, 0.15) is 31.1 Å². The quantitative estimate of drug-likeness (QED) is 0.315. The van der Waals surface area contributed by atoms with E-state index in [4.69, 9.17) is 11.6 Å². The molecule has 3 aromatic rings. The lowest BCUT2D eigenvalue weighted by Gasteiger charge is -2.33. The van der Waals surface area contributed by atoms with Gasteiger partial charge in [-0.3, -0.25) is 14.4 Å². The van der Waals surface area contributed by atoms with Crippen LogP contribution in [0.3, 0.4) is 0 Å². The highest BCUT2D eigenvalue weighted by Gasteiger charge is 2.31. The van der Waals surface area contributed by atoms with E-state index < -0.39 is 34.2 Å². The Balaban J connectivity index is 1.85. The Morgan fingerprint density at radius 2 is 1.80 bits per heavy atom. The van der Waals surface area contributed by atoms with Crippen LogP contribution in [0.5, 0.6) is 0 Å². The van der Waals surface area contributed by atoms with Gasteiger partial charge in [0.25, 0.3) is 16.8 Å². The first kappa shape index (κ1) is 21.4. The Kier molecular flexibility index (Phi) is 5.89. The maximum Gasteiger partial charge on any atom is 0.253 e. The molecular weight excluding hydrogens is 411 g/mol. The van der Waals surface area contributed by atoms with E-state index in [1.807, 2.05) is 20.8 Å². The number of benzene rings is 1. The van der Waals surface area contributed by atoms with Gasteiger partial charge in [0.05, 0.1) is 5.69 Å². The predicted molar refractivity (Wildman–Crippen MR) is 115 cm³/mol. The number of anilines is 3. The minimum Gasteiger partial charge on any atom is -0.360 e. The fourth-order valence-electron chi connectivity index (χ4n) is 2.72. The van der Waals surface area contributed by atoms with Gasteiger partial charge >= 0.3 is 0 Å². The van der Waals surface area contributed by atoms with Crippen molar-refractivity contribution in [2.24, 2.45) is 5.41 Å². The number of hydrogen-bond acceptors (Lipinski definition) is 6. The van der Waals surface area contributed by atoms with Gasteiger partial charge in [-0.1, -0.05) is 38.4 Å². The van der Waals surface area contributed by atoms with E-state index in [1.54, 1.807) is 12.1 Å². The van der Waals surface area contributed by atoms with Gasteiger partial charge < -0.3 is 16.0 Å². The van der Waals surface area contributed by atoms with E-state index in [1.165, 1.54) is 24.4 Å². The summed E-state index contributed by atoms with van der Waals surface area (Å²) in [5.41, 5.74) is -1.41. The Hall–Kier alpha value is -3.26. The number of nitrogens with one attached hydrogen (secondary N) is 3. The average molecular weight is 431 g/mol. The molecule has 3 rings (SSSR count). The normalized spacial score (nSPS) is 12.4. The van der Waals surface area contributed by atoms with Crippen LogP contribution in [0.25, 0.3) is 0 Å².